The highest BCUT2D eigenvalue weighted by atomic mass is 19.2. The molecule has 1 amide bonds. The van der Waals surface area contributed by atoms with Crippen molar-refractivity contribution in [3.05, 3.63) is 35.4 Å². The first-order chi connectivity index (χ1) is 7.49. The number of aliphatic hydroxyl groups is 1. The Morgan fingerprint density at radius 3 is 2.69 bits per heavy atom. The molecule has 0 aromatic heterocycles. The molecule has 0 spiro atoms. The zero-order valence-corrected chi connectivity index (χ0v) is 9.08. The number of aliphatic hydroxyl groups excluding tert-OH is 1. The molecule has 0 aliphatic heterocycles. The molecule has 0 saturated heterocycles. The molecular weight excluding hydrogens is 216 g/mol. The third-order valence-corrected chi connectivity index (χ3v) is 2.43. The Balaban J connectivity index is 3.01. The summed E-state index contributed by atoms with van der Waals surface area (Å²) >= 11 is 0. The largest absolute Gasteiger partial charge is 0.394 e. The lowest BCUT2D eigenvalue weighted by Crippen LogP contribution is -2.37. The van der Waals surface area contributed by atoms with E-state index >= 15 is 0 Å². The molecule has 0 saturated carbocycles. The Labute approximate surface area is 92.3 Å². The van der Waals surface area contributed by atoms with Gasteiger partial charge in [0.25, 0.3) is 5.91 Å². The fourth-order valence-electron chi connectivity index (χ4n) is 1.18. The van der Waals surface area contributed by atoms with Gasteiger partial charge in [0.2, 0.25) is 0 Å². The van der Waals surface area contributed by atoms with Crippen molar-refractivity contribution in [1.82, 2.24) is 4.90 Å². The first-order valence-electron chi connectivity index (χ1n) is 4.81. The van der Waals surface area contributed by atoms with Crippen LogP contribution in [0, 0.1) is 11.6 Å². The van der Waals surface area contributed by atoms with Crippen LogP contribution in [-0.4, -0.2) is 35.6 Å². The molecule has 1 aromatic carbocycles. The SMILES string of the molecule is CC(CO)N(C)C(=O)c1cccc(F)c1F. The van der Waals surface area contributed by atoms with Crippen molar-refractivity contribution >= 4 is 5.91 Å². The predicted octanol–water partition coefficient (Wildman–Crippen LogP) is 1.42. The number of likely N-dealkylation sites (N-methyl/N-ethyl adjacent to an activating group) is 1. The quantitative estimate of drug-likeness (QED) is 0.851. The smallest absolute Gasteiger partial charge is 0.257 e. The van der Waals surface area contributed by atoms with Gasteiger partial charge in [0.1, 0.15) is 0 Å². The van der Waals surface area contributed by atoms with Crippen molar-refractivity contribution in [2.24, 2.45) is 0 Å². The molecule has 1 N–H and O–H groups in total. The molecule has 16 heavy (non-hydrogen) atoms. The number of rotatable bonds is 3. The molecule has 1 rings (SSSR count). The van der Waals surface area contributed by atoms with Crippen LogP contribution in [0.5, 0.6) is 0 Å². The van der Waals surface area contributed by atoms with Crippen molar-refractivity contribution in [1.29, 1.82) is 0 Å². The fraction of sp³-hybridized carbons (Fsp3) is 0.364. The second-order valence-corrected chi connectivity index (χ2v) is 3.55. The number of hydrogen-bond donors (Lipinski definition) is 1. The lowest BCUT2D eigenvalue weighted by Gasteiger charge is -2.23. The second-order valence-electron chi connectivity index (χ2n) is 3.55. The molecule has 1 aromatic rings. The number of halogens is 2. The molecule has 1 atom stereocenters. The number of carbonyl (C=O) groups is 1. The molecule has 1 unspecified atom stereocenters. The van der Waals surface area contributed by atoms with Crippen LogP contribution in [0.3, 0.4) is 0 Å². The van der Waals surface area contributed by atoms with Crippen LogP contribution in [-0.2, 0) is 0 Å². The highest BCUT2D eigenvalue weighted by Crippen LogP contribution is 2.14. The number of nitrogens with zero attached hydrogens (tertiary/aromatic N) is 1. The Morgan fingerprint density at radius 1 is 1.50 bits per heavy atom. The van der Waals surface area contributed by atoms with Gasteiger partial charge in [-0.15, -0.1) is 0 Å². The van der Waals surface area contributed by atoms with E-state index in [1.54, 1.807) is 6.92 Å². The number of hydrogen-bond acceptors (Lipinski definition) is 2. The van der Waals surface area contributed by atoms with Gasteiger partial charge in [-0.1, -0.05) is 6.07 Å². The minimum absolute atomic E-state index is 0.237. The molecular formula is C11H13F2NO2. The van der Waals surface area contributed by atoms with Gasteiger partial charge in [-0.25, -0.2) is 8.78 Å². The molecule has 0 fully saturated rings. The van der Waals surface area contributed by atoms with Gasteiger partial charge in [-0.05, 0) is 19.1 Å². The normalized spacial score (nSPS) is 12.3. The van der Waals surface area contributed by atoms with Gasteiger partial charge >= 0.3 is 0 Å². The Hall–Kier alpha value is -1.49. The van der Waals surface area contributed by atoms with Crippen LogP contribution in [0.15, 0.2) is 18.2 Å². The maximum Gasteiger partial charge on any atom is 0.257 e. The van der Waals surface area contributed by atoms with Crippen LogP contribution in [0.2, 0.25) is 0 Å². The zero-order chi connectivity index (χ0) is 12.3. The third kappa shape index (κ3) is 2.36. The van der Waals surface area contributed by atoms with E-state index in [1.165, 1.54) is 19.2 Å². The van der Waals surface area contributed by atoms with Crippen LogP contribution in [0.4, 0.5) is 8.78 Å². The van der Waals surface area contributed by atoms with E-state index in [1.807, 2.05) is 0 Å². The summed E-state index contributed by atoms with van der Waals surface area (Å²) in [4.78, 5) is 12.9. The van der Waals surface area contributed by atoms with Crippen molar-refractivity contribution in [3.63, 3.8) is 0 Å². The Kier molecular flexibility index (Phi) is 3.95. The van der Waals surface area contributed by atoms with Crippen LogP contribution in [0.1, 0.15) is 17.3 Å². The highest BCUT2D eigenvalue weighted by Gasteiger charge is 2.21. The van der Waals surface area contributed by atoms with E-state index in [-0.39, 0.29) is 12.2 Å². The van der Waals surface area contributed by atoms with Crippen molar-refractivity contribution in [3.8, 4) is 0 Å². The summed E-state index contributed by atoms with van der Waals surface area (Å²) in [5.41, 5.74) is -0.331. The highest BCUT2D eigenvalue weighted by molar-refractivity contribution is 5.94. The lowest BCUT2D eigenvalue weighted by molar-refractivity contribution is 0.0676. The van der Waals surface area contributed by atoms with Gasteiger partial charge in [-0.2, -0.15) is 0 Å². The summed E-state index contributed by atoms with van der Waals surface area (Å²) in [6.07, 6.45) is 0. The van der Waals surface area contributed by atoms with Crippen molar-refractivity contribution < 1.29 is 18.7 Å². The molecule has 0 bridgehead atoms. The second kappa shape index (κ2) is 5.03. The van der Waals surface area contributed by atoms with Gasteiger partial charge < -0.3 is 10.0 Å². The minimum atomic E-state index is -1.16. The molecule has 0 radical (unpaired) electrons. The van der Waals surface area contributed by atoms with Gasteiger partial charge in [0.15, 0.2) is 11.6 Å². The van der Waals surface area contributed by atoms with Crippen LogP contribution in [0.25, 0.3) is 0 Å². The van der Waals surface area contributed by atoms with E-state index in [9.17, 15) is 13.6 Å². The average molecular weight is 229 g/mol. The zero-order valence-electron chi connectivity index (χ0n) is 9.08. The molecule has 0 aliphatic rings. The van der Waals surface area contributed by atoms with Crippen LogP contribution < -0.4 is 0 Å². The standard InChI is InChI=1S/C11H13F2NO2/c1-7(6-15)14(2)11(16)8-4-3-5-9(12)10(8)13/h3-5,7,15H,6H2,1-2H3. The number of amides is 1. The summed E-state index contributed by atoms with van der Waals surface area (Å²) in [6.45, 7) is 1.37. The van der Waals surface area contributed by atoms with Gasteiger partial charge in [0, 0.05) is 7.05 Å². The van der Waals surface area contributed by atoms with Gasteiger partial charge in [-0.3, -0.25) is 4.79 Å². The van der Waals surface area contributed by atoms with E-state index in [0.29, 0.717) is 0 Å². The summed E-state index contributed by atoms with van der Waals surface area (Å²) in [5, 5.41) is 8.86. The maximum atomic E-state index is 13.3. The number of carbonyl (C=O) groups excluding carboxylic acids is 1. The summed E-state index contributed by atoms with van der Waals surface area (Å²) in [6, 6.07) is 2.97. The molecule has 5 heteroatoms. The molecule has 3 nitrogen and oxygen atoms in total. The summed E-state index contributed by atoms with van der Waals surface area (Å²) in [5.74, 6) is -2.88. The van der Waals surface area contributed by atoms with E-state index in [4.69, 9.17) is 5.11 Å². The summed E-state index contributed by atoms with van der Waals surface area (Å²) < 4.78 is 26.2. The summed E-state index contributed by atoms with van der Waals surface area (Å²) in [7, 11) is 1.42. The molecule has 0 aliphatic carbocycles. The van der Waals surface area contributed by atoms with E-state index < -0.39 is 23.6 Å². The Bertz CT molecular complexity index is 396. The third-order valence-electron chi connectivity index (χ3n) is 2.43. The predicted molar refractivity (Wildman–Crippen MR) is 55.0 cm³/mol. The fourth-order valence-corrected chi connectivity index (χ4v) is 1.18. The molecule has 88 valence electrons. The van der Waals surface area contributed by atoms with Crippen molar-refractivity contribution in [2.75, 3.05) is 13.7 Å². The van der Waals surface area contributed by atoms with E-state index in [0.717, 1.165) is 11.0 Å². The van der Waals surface area contributed by atoms with Crippen LogP contribution >= 0.6 is 0 Å². The first kappa shape index (κ1) is 12.6. The maximum absolute atomic E-state index is 13.3. The van der Waals surface area contributed by atoms with E-state index in [2.05, 4.69) is 0 Å². The topological polar surface area (TPSA) is 40.5 Å². The first-order valence-corrected chi connectivity index (χ1v) is 4.81. The lowest BCUT2D eigenvalue weighted by atomic mass is 10.1. The minimum Gasteiger partial charge on any atom is -0.394 e. The monoisotopic (exact) mass is 229 g/mol. The van der Waals surface area contributed by atoms with Crippen molar-refractivity contribution in [2.45, 2.75) is 13.0 Å². The number of benzene rings is 1. The molecule has 0 heterocycles. The Morgan fingerprint density at radius 2 is 2.12 bits per heavy atom. The van der Waals surface area contributed by atoms with Gasteiger partial charge in [0.05, 0.1) is 18.2 Å². The average Bonchev–Trinajstić information content (AvgIpc) is 2.29.